The van der Waals surface area contributed by atoms with Crippen molar-refractivity contribution in [1.82, 2.24) is 9.29 Å². The number of furan rings is 1. The lowest BCUT2D eigenvalue weighted by Crippen LogP contribution is -2.31. The van der Waals surface area contributed by atoms with Gasteiger partial charge >= 0.3 is 0 Å². The van der Waals surface area contributed by atoms with Crippen LogP contribution in [0.25, 0.3) is 10.2 Å². The first kappa shape index (κ1) is 26.6. The van der Waals surface area contributed by atoms with Crippen molar-refractivity contribution in [2.45, 2.75) is 24.9 Å². The van der Waals surface area contributed by atoms with Crippen molar-refractivity contribution in [2.75, 3.05) is 18.6 Å². The Morgan fingerprint density at radius 3 is 2.41 bits per heavy atom. The topological polar surface area (TPSA) is 93.0 Å². The smallest absolute Gasteiger partial charge is 0.260 e. The maximum Gasteiger partial charge on any atom is 0.260 e. The lowest BCUT2D eigenvalue weighted by Gasteiger charge is -2.21. The molecule has 0 fully saturated rings. The first-order chi connectivity index (χ1) is 18.9. The minimum atomic E-state index is -3.76. The standard InChI is InChI=1S/C29H27N3O5S2/c1-3-31(19-21-8-5-4-6-9-21)39(34,35)25-14-11-22(12-15-25)28(33)32(20-24-10-7-17-37-24)29-30-26-16-13-23(36-2)18-27(26)38-29/h4-18H,3,19-20H2,1-2H3. The number of aromatic nitrogens is 1. The van der Waals surface area contributed by atoms with Gasteiger partial charge in [-0.15, -0.1) is 0 Å². The number of hydrogen-bond acceptors (Lipinski definition) is 7. The van der Waals surface area contributed by atoms with Gasteiger partial charge in [-0.1, -0.05) is 48.6 Å². The number of sulfonamides is 1. The van der Waals surface area contributed by atoms with Crippen molar-refractivity contribution < 1.29 is 22.4 Å². The van der Waals surface area contributed by atoms with Crippen molar-refractivity contribution in [1.29, 1.82) is 0 Å². The van der Waals surface area contributed by atoms with E-state index in [4.69, 9.17) is 9.15 Å². The first-order valence-corrected chi connectivity index (χ1v) is 14.6. The lowest BCUT2D eigenvalue weighted by atomic mass is 10.2. The fourth-order valence-electron chi connectivity index (χ4n) is 4.15. The van der Waals surface area contributed by atoms with Crippen LogP contribution in [0.3, 0.4) is 0 Å². The van der Waals surface area contributed by atoms with Crippen LogP contribution in [0, 0.1) is 0 Å². The van der Waals surface area contributed by atoms with E-state index in [9.17, 15) is 13.2 Å². The fourth-order valence-corrected chi connectivity index (χ4v) is 6.58. The number of carbonyl (C=O) groups excluding carboxylic acids is 1. The molecule has 5 aromatic rings. The molecule has 2 aromatic heterocycles. The summed E-state index contributed by atoms with van der Waals surface area (Å²) in [5.74, 6) is 0.976. The van der Waals surface area contributed by atoms with Gasteiger partial charge in [0.1, 0.15) is 11.5 Å². The second kappa shape index (κ2) is 11.4. The molecular formula is C29H27N3O5S2. The third kappa shape index (κ3) is 5.73. The monoisotopic (exact) mass is 561 g/mol. The summed E-state index contributed by atoms with van der Waals surface area (Å²) in [5.41, 5.74) is 1.98. The van der Waals surface area contributed by atoms with E-state index in [1.807, 2.05) is 48.5 Å². The molecule has 8 nitrogen and oxygen atoms in total. The molecule has 0 aliphatic rings. The first-order valence-electron chi connectivity index (χ1n) is 12.3. The van der Waals surface area contributed by atoms with Crippen molar-refractivity contribution in [3.05, 3.63) is 108 Å². The number of amides is 1. The van der Waals surface area contributed by atoms with Gasteiger partial charge in [0.25, 0.3) is 5.91 Å². The van der Waals surface area contributed by atoms with E-state index in [1.54, 1.807) is 32.4 Å². The summed E-state index contributed by atoms with van der Waals surface area (Å²) in [6.07, 6.45) is 1.55. The minimum Gasteiger partial charge on any atom is -0.497 e. The maximum absolute atomic E-state index is 13.7. The summed E-state index contributed by atoms with van der Waals surface area (Å²) in [4.78, 5) is 20.1. The molecule has 200 valence electrons. The summed E-state index contributed by atoms with van der Waals surface area (Å²) >= 11 is 1.36. The third-order valence-electron chi connectivity index (χ3n) is 6.25. The third-order valence-corrected chi connectivity index (χ3v) is 9.22. The molecule has 39 heavy (non-hydrogen) atoms. The van der Waals surface area contributed by atoms with E-state index >= 15 is 0 Å². The molecule has 0 unspecified atom stereocenters. The number of thiazole rings is 1. The van der Waals surface area contributed by atoms with E-state index in [0.717, 1.165) is 15.8 Å². The number of fused-ring (bicyclic) bond motifs is 1. The van der Waals surface area contributed by atoms with Crippen molar-refractivity contribution in [2.24, 2.45) is 0 Å². The molecule has 0 aliphatic carbocycles. The number of hydrogen-bond donors (Lipinski definition) is 0. The number of nitrogens with zero attached hydrogens (tertiary/aromatic N) is 3. The van der Waals surface area contributed by atoms with E-state index in [2.05, 4.69) is 4.98 Å². The number of methoxy groups -OCH3 is 1. The van der Waals surface area contributed by atoms with Crippen LogP contribution in [0.15, 0.2) is 101 Å². The number of carbonyl (C=O) groups is 1. The summed E-state index contributed by atoms with van der Waals surface area (Å²) < 4.78 is 39.9. The number of ether oxygens (including phenoxy) is 1. The van der Waals surface area contributed by atoms with Crippen LogP contribution < -0.4 is 9.64 Å². The van der Waals surface area contributed by atoms with E-state index in [1.165, 1.54) is 44.8 Å². The second-order valence-electron chi connectivity index (χ2n) is 8.74. The highest BCUT2D eigenvalue weighted by atomic mass is 32.2. The van der Waals surface area contributed by atoms with Crippen LogP contribution in [-0.4, -0.2) is 37.3 Å². The molecule has 0 saturated heterocycles. The quantitative estimate of drug-likeness (QED) is 0.209. The van der Waals surface area contributed by atoms with E-state index in [-0.39, 0.29) is 23.9 Å². The second-order valence-corrected chi connectivity index (χ2v) is 11.7. The van der Waals surface area contributed by atoms with Gasteiger partial charge in [0.2, 0.25) is 10.0 Å². The highest BCUT2D eigenvalue weighted by Gasteiger charge is 2.26. The van der Waals surface area contributed by atoms with Gasteiger partial charge in [0, 0.05) is 18.7 Å². The average Bonchev–Trinajstić information content (AvgIpc) is 3.64. The fraction of sp³-hybridized carbons (Fsp3) is 0.172. The molecule has 5 rings (SSSR count). The SMILES string of the molecule is CCN(Cc1ccccc1)S(=O)(=O)c1ccc(C(=O)N(Cc2ccco2)c2nc3ccc(OC)cc3s2)cc1. The van der Waals surface area contributed by atoms with Gasteiger partial charge in [-0.2, -0.15) is 4.31 Å². The highest BCUT2D eigenvalue weighted by molar-refractivity contribution is 7.89. The molecule has 3 aromatic carbocycles. The molecule has 2 heterocycles. The Balaban J connectivity index is 1.43. The van der Waals surface area contributed by atoms with Crippen LogP contribution >= 0.6 is 11.3 Å². The molecule has 0 saturated carbocycles. The highest BCUT2D eigenvalue weighted by Crippen LogP contribution is 2.33. The molecule has 0 N–H and O–H groups in total. The van der Waals surface area contributed by atoms with Crippen LogP contribution in [0.2, 0.25) is 0 Å². The Bertz CT molecular complexity index is 1670. The summed E-state index contributed by atoms with van der Waals surface area (Å²) in [5, 5.41) is 0.497. The van der Waals surface area contributed by atoms with Crippen molar-refractivity contribution >= 4 is 42.6 Å². The number of benzene rings is 3. The minimum absolute atomic E-state index is 0.126. The van der Waals surface area contributed by atoms with Gasteiger partial charge < -0.3 is 9.15 Å². The predicted molar refractivity (Wildman–Crippen MR) is 152 cm³/mol. The Labute approximate surface area is 231 Å². The molecule has 0 spiro atoms. The van der Waals surface area contributed by atoms with Gasteiger partial charge in [-0.3, -0.25) is 9.69 Å². The molecule has 0 aliphatic heterocycles. The normalized spacial score (nSPS) is 11.7. The molecule has 0 bridgehead atoms. The Morgan fingerprint density at radius 2 is 1.74 bits per heavy atom. The van der Waals surface area contributed by atoms with Crippen molar-refractivity contribution in [3.63, 3.8) is 0 Å². The largest absolute Gasteiger partial charge is 0.497 e. The molecule has 0 atom stereocenters. The predicted octanol–water partition coefficient (Wildman–Crippen LogP) is 5.96. The Hall–Kier alpha value is -3.99. The van der Waals surface area contributed by atoms with Crippen LogP contribution in [-0.2, 0) is 23.1 Å². The molecular weight excluding hydrogens is 534 g/mol. The zero-order valence-electron chi connectivity index (χ0n) is 21.5. The zero-order valence-corrected chi connectivity index (χ0v) is 23.1. The summed E-state index contributed by atoms with van der Waals surface area (Å²) in [6.45, 7) is 2.55. The van der Waals surface area contributed by atoms with Crippen LogP contribution in [0.5, 0.6) is 5.75 Å². The molecule has 0 radical (unpaired) electrons. The number of anilines is 1. The Kier molecular flexibility index (Phi) is 7.78. The van der Waals surface area contributed by atoms with Crippen LogP contribution in [0.1, 0.15) is 28.6 Å². The average molecular weight is 562 g/mol. The lowest BCUT2D eigenvalue weighted by molar-refractivity contribution is 0.0983. The molecule has 10 heteroatoms. The van der Waals surface area contributed by atoms with Crippen molar-refractivity contribution in [3.8, 4) is 5.75 Å². The maximum atomic E-state index is 13.7. The Morgan fingerprint density at radius 1 is 0.974 bits per heavy atom. The van der Waals surface area contributed by atoms with Gasteiger partial charge in [0.15, 0.2) is 5.13 Å². The number of rotatable bonds is 10. The van der Waals surface area contributed by atoms with Gasteiger partial charge in [-0.25, -0.2) is 13.4 Å². The van der Waals surface area contributed by atoms with Gasteiger partial charge in [0.05, 0.1) is 35.0 Å². The molecule has 1 amide bonds. The van der Waals surface area contributed by atoms with Gasteiger partial charge in [-0.05, 0) is 60.2 Å². The van der Waals surface area contributed by atoms with Crippen LogP contribution in [0.4, 0.5) is 5.13 Å². The zero-order chi connectivity index (χ0) is 27.4. The van der Waals surface area contributed by atoms with E-state index < -0.39 is 10.0 Å². The summed E-state index contributed by atoms with van der Waals surface area (Å²) in [6, 6.07) is 24.6. The van der Waals surface area contributed by atoms with E-state index in [0.29, 0.717) is 28.7 Å². The summed E-state index contributed by atoms with van der Waals surface area (Å²) in [7, 11) is -2.16.